The molecular weight excluding hydrogens is 220 g/mol. The summed E-state index contributed by atoms with van der Waals surface area (Å²) in [5, 5.41) is 2.67. The number of rotatable bonds is 6. The van der Waals surface area contributed by atoms with Gasteiger partial charge in [0, 0.05) is 13.5 Å². The molecule has 0 aliphatic rings. The van der Waals surface area contributed by atoms with E-state index in [2.05, 4.69) is 10.1 Å². The van der Waals surface area contributed by atoms with Gasteiger partial charge < -0.3 is 15.8 Å². The fourth-order valence-electron chi connectivity index (χ4n) is 1.02. The topological polar surface area (TPSA) is 81.4 Å². The van der Waals surface area contributed by atoms with Gasteiger partial charge in [0.2, 0.25) is 5.91 Å². The van der Waals surface area contributed by atoms with Gasteiger partial charge in [-0.1, -0.05) is 0 Å². The first-order chi connectivity index (χ1) is 6.57. The van der Waals surface area contributed by atoms with E-state index in [0.717, 1.165) is 12.8 Å². The number of ether oxygens (including phenoxy) is 1. The summed E-state index contributed by atoms with van der Waals surface area (Å²) in [5.74, 6) is -0.424. The van der Waals surface area contributed by atoms with Crippen molar-refractivity contribution in [1.82, 2.24) is 5.32 Å². The Hall–Kier alpha value is -0.810. The van der Waals surface area contributed by atoms with Crippen LogP contribution in [0.4, 0.5) is 0 Å². The molecule has 0 rings (SSSR count). The summed E-state index contributed by atoms with van der Waals surface area (Å²) in [6.07, 6.45) is 2.22. The summed E-state index contributed by atoms with van der Waals surface area (Å²) in [5.41, 5.74) is 5.51. The molecule has 0 aliphatic carbocycles. The second-order valence-electron chi connectivity index (χ2n) is 3.11. The highest BCUT2D eigenvalue weighted by Gasteiger charge is 2.12. The summed E-state index contributed by atoms with van der Waals surface area (Å²) < 4.78 is 4.47. The molecule has 0 radical (unpaired) electrons. The van der Waals surface area contributed by atoms with Crippen molar-refractivity contribution >= 4 is 24.3 Å². The van der Waals surface area contributed by atoms with Crippen LogP contribution in [-0.4, -0.2) is 31.6 Å². The van der Waals surface area contributed by atoms with Crippen LogP contribution in [0.15, 0.2) is 0 Å². The smallest absolute Gasteiger partial charge is 0.322 e. The Morgan fingerprint density at radius 3 is 2.47 bits per heavy atom. The van der Waals surface area contributed by atoms with Crippen molar-refractivity contribution < 1.29 is 14.3 Å². The Morgan fingerprint density at radius 2 is 2.00 bits per heavy atom. The molecule has 0 saturated heterocycles. The lowest BCUT2D eigenvalue weighted by molar-refractivity contribution is -0.142. The van der Waals surface area contributed by atoms with Crippen LogP contribution < -0.4 is 11.1 Å². The standard InChI is InChI=1S/C9H18N2O3.ClH/c1-7(12)11-6-4-3-5-8(10)9(13)14-2;/h8H,3-6,10H2,1-2H3,(H,11,12);1H. The number of halogens is 1. The summed E-state index contributed by atoms with van der Waals surface area (Å²) in [6, 6.07) is -0.544. The maximum absolute atomic E-state index is 10.9. The number of methoxy groups -OCH3 is 1. The Labute approximate surface area is 96.1 Å². The zero-order chi connectivity index (χ0) is 11.0. The van der Waals surface area contributed by atoms with Gasteiger partial charge >= 0.3 is 5.97 Å². The number of carbonyl (C=O) groups excluding carboxylic acids is 2. The molecule has 1 amide bonds. The SMILES string of the molecule is COC(=O)C(N)CCCCNC(C)=O.Cl. The van der Waals surface area contributed by atoms with Crippen LogP contribution in [0, 0.1) is 0 Å². The Bertz CT molecular complexity index is 200. The molecule has 0 aromatic heterocycles. The number of amides is 1. The largest absolute Gasteiger partial charge is 0.468 e. The third-order valence-electron chi connectivity index (χ3n) is 1.82. The Morgan fingerprint density at radius 1 is 1.40 bits per heavy atom. The van der Waals surface area contributed by atoms with Crippen LogP contribution in [0.1, 0.15) is 26.2 Å². The van der Waals surface area contributed by atoms with E-state index in [9.17, 15) is 9.59 Å². The molecule has 1 atom stereocenters. The molecule has 0 fully saturated rings. The van der Waals surface area contributed by atoms with Gasteiger partial charge in [-0.3, -0.25) is 9.59 Å². The number of nitrogens with one attached hydrogen (secondary N) is 1. The lowest BCUT2D eigenvalue weighted by atomic mass is 10.1. The quantitative estimate of drug-likeness (QED) is 0.512. The zero-order valence-electron chi connectivity index (χ0n) is 9.12. The molecular formula is C9H19ClN2O3. The molecule has 0 aromatic rings. The van der Waals surface area contributed by atoms with Crippen LogP contribution in [0.2, 0.25) is 0 Å². The predicted octanol–water partition coefficient (Wildman–Crippen LogP) is 0.215. The molecule has 0 heterocycles. The second kappa shape index (κ2) is 9.73. The number of nitrogens with two attached hydrogens (primary N) is 1. The molecule has 1 unspecified atom stereocenters. The van der Waals surface area contributed by atoms with Gasteiger partial charge in [-0.2, -0.15) is 0 Å². The molecule has 0 bridgehead atoms. The fourth-order valence-corrected chi connectivity index (χ4v) is 1.02. The fraction of sp³-hybridized carbons (Fsp3) is 0.778. The van der Waals surface area contributed by atoms with E-state index in [1.807, 2.05) is 0 Å². The number of esters is 1. The van der Waals surface area contributed by atoms with E-state index < -0.39 is 6.04 Å². The highest BCUT2D eigenvalue weighted by molar-refractivity contribution is 5.85. The first-order valence-corrected chi connectivity index (χ1v) is 4.65. The molecule has 0 aliphatic heterocycles. The molecule has 90 valence electrons. The first-order valence-electron chi connectivity index (χ1n) is 4.65. The van der Waals surface area contributed by atoms with Crippen molar-refractivity contribution in [1.29, 1.82) is 0 Å². The predicted molar refractivity (Wildman–Crippen MR) is 59.8 cm³/mol. The van der Waals surface area contributed by atoms with E-state index in [0.29, 0.717) is 13.0 Å². The van der Waals surface area contributed by atoms with Crippen LogP contribution in [0.3, 0.4) is 0 Å². The van der Waals surface area contributed by atoms with Crippen LogP contribution in [0.25, 0.3) is 0 Å². The lowest BCUT2D eigenvalue weighted by Crippen LogP contribution is -2.31. The van der Waals surface area contributed by atoms with Gasteiger partial charge in [0.1, 0.15) is 6.04 Å². The second-order valence-corrected chi connectivity index (χ2v) is 3.11. The van der Waals surface area contributed by atoms with Gasteiger partial charge in [0.25, 0.3) is 0 Å². The monoisotopic (exact) mass is 238 g/mol. The lowest BCUT2D eigenvalue weighted by Gasteiger charge is -2.08. The highest BCUT2D eigenvalue weighted by Crippen LogP contribution is 1.99. The summed E-state index contributed by atoms with van der Waals surface area (Å²) in [4.78, 5) is 21.4. The number of unbranched alkanes of at least 4 members (excludes halogenated alkanes) is 1. The third-order valence-corrected chi connectivity index (χ3v) is 1.82. The van der Waals surface area contributed by atoms with E-state index in [-0.39, 0.29) is 24.3 Å². The number of hydrogen-bond donors (Lipinski definition) is 2. The number of carbonyl (C=O) groups is 2. The highest BCUT2D eigenvalue weighted by atomic mass is 35.5. The first kappa shape index (κ1) is 16.6. The van der Waals surface area contributed by atoms with Crippen molar-refractivity contribution in [2.24, 2.45) is 5.73 Å². The van der Waals surface area contributed by atoms with Crippen molar-refractivity contribution in [2.75, 3.05) is 13.7 Å². The van der Waals surface area contributed by atoms with Crippen molar-refractivity contribution in [3.8, 4) is 0 Å². The average molecular weight is 239 g/mol. The molecule has 0 aromatic carbocycles. The minimum absolute atomic E-state index is 0. The van der Waals surface area contributed by atoms with Gasteiger partial charge in [-0.05, 0) is 19.3 Å². The number of hydrogen-bond acceptors (Lipinski definition) is 4. The van der Waals surface area contributed by atoms with E-state index in [1.54, 1.807) is 0 Å². The van der Waals surface area contributed by atoms with E-state index >= 15 is 0 Å². The summed E-state index contributed by atoms with van der Waals surface area (Å²) >= 11 is 0. The van der Waals surface area contributed by atoms with Crippen LogP contribution in [0.5, 0.6) is 0 Å². The molecule has 0 saturated carbocycles. The molecule has 0 spiro atoms. The molecule has 15 heavy (non-hydrogen) atoms. The van der Waals surface area contributed by atoms with Crippen LogP contribution in [-0.2, 0) is 14.3 Å². The maximum atomic E-state index is 10.9. The zero-order valence-corrected chi connectivity index (χ0v) is 9.93. The molecule has 5 nitrogen and oxygen atoms in total. The molecule has 6 heteroatoms. The molecule has 3 N–H and O–H groups in total. The Kier molecular flexibility index (Phi) is 10.8. The minimum Gasteiger partial charge on any atom is -0.468 e. The summed E-state index contributed by atoms with van der Waals surface area (Å²) in [6.45, 7) is 2.10. The van der Waals surface area contributed by atoms with E-state index in [1.165, 1.54) is 14.0 Å². The summed E-state index contributed by atoms with van der Waals surface area (Å²) in [7, 11) is 1.32. The van der Waals surface area contributed by atoms with Crippen molar-refractivity contribution in [3.63, 3.8) is 0 Å². The Balaban J connectivity index is 0. The average Bonchev–Trinajstić information content (AvgIpc) is 2.15. The van der Waals surface area contributed by atoms with Gasteiger partial charge in [-0.25, -0.2) is 0 Å². The minimum atomic E-state index is -0.544. The van der Waals surface area contributed by atoms with Crippen LogP contribution >= 0.6 is 12.4 Å². The van der Waals surface area contributed by atoms with Crippen molar-refractivity contribution in [3.05, 3.63) is 0 Å². The van der Waals surface area contributed by atoms with E-state index in [4.69, 9.17) is 5.73 Å². The third kappa shape index (κ3) is 9.49. The van der Waals surface area contributed by atoms with Crippen molar-refractivity contribution in [2.45, 2.75) is 32.2 Å². The van der Waals surface area contributed by atoms with Gasteiger partial charge in [0.15, 0.2) is 0 Å². The normalized spacial score (nSPS) is 11.1. The maximum Gasteiger partial charge on any atom is 0.322 e. The van der Waals surface area contributed by atoms with Gasteiger partial charge in [0.05, 0.1) is 7.11 Å². The van der Waals surface area contributed by atoms with Gasteiger partial charge in [-0.15, -0.1) is 12.4 Å².